The van der Waals surface area contributed by atoms with Crippen LogP contribution in [0.1, 0.15) is 31.7 Å². The first-order chi connectivity index (χ1) is 7.54. The minimum absolute atomic E-state index is 0.189. The molecule has 0 spiro atoms. The van der Waals surface area contributed by atoms with Gasteiger partial charge < -0.3 is 4.57 Å². The molecule has 0 aliphatic carbocycles. The maximum atomic E-state index is 11.4. The van der Waals surface area contributed by atoms with Gasteiger partial charge in [0.1, 0.15) is 5.78 Å². The summed E-state index contributed by atoms with van der Waals surface area (Å²) in [6.45, 7) is 3.92. The van der Waals surface area contributed by atoms with E-state index in [-0.39, 0.29) is 11.3 Å². The zero-order valence-corrected chi connectivity index (χ0v) is 9.58. The lowest BCUT2D eigenvalue weighted by Crippen LogP contribution is -2.30. The zero-order chi connectivity index (χ0) is 12.1. The number of nitrogens with zero attached hydrogens (tertiary/aromatic N) is 1. The van der Waals surface area contributed by atoms with Crippen molar-refractivity contribution in [1.29, 1.82) is 0 Å². The highest BCUT2D eigenvalue weighted by Crippen LogP contribution is 1.97. The molecular formula is C11H16N2O3. The number of aromatic amines is 1. The van der Waals surface area contributed by atoms with E-state index in [1.165, 1.54) is 10.8 Å². The molecule has 0 atom stereocenters. The third-order valence-corrected chi connectivity index (χ3v) is 2.44. The summed E-state index contributed by atoms with van der Waals surface area (Å²) in [5.41, 5.74) is -0.271. The Bertz CT molecular complexity index is 485. The van der Waals surface area contributed by atoms with Crippen LogP contribution in [0.5, 0.6) is 0 Å². The summed E-state index contributed by atoms with van der Waals surface area (Å²) < 4.78 is 1.43. The van der Waals surface area contributed by atoms with Gasteiger partial charge in [0.25, 0.3) is 5.56 Å². The van der Waals surface area contributed by atoms with Crippen LogP contribution in [0.2, 0.25) is 0 Å². The SMILES string of the molecule is CCC(=O)CCCn1cc(C)c(=O)[nH]c1=O. The van der Waals surface area contributed by atoms with E-state index in [4.69, 9.17) is 0 Å². The van der Waals surface area contributed by atoms with Crippen LogP contribution >= 0.6 is 0 Å². The summed E-state index contributed by atoms with van der Waals surface area (Å²) in [5, 5.41) is 0. The Morgan fingerprint density at radius 1 is 1.44 bits per heavy atom. The smallest absolute Gasteiger partial charge is 0.300 e. The lowest BCUT2D eigenvalue weighted by molar-refractivity contribution is -0.118. The molecule has 1 heterocycles. The number of aromatic nitrogens is 2. The van der Waals surface area contributed by atoms with Gasteiger partial charge >= 0.3 is 5.69 Å². The van der Waals surface area contributed by atoms with Crippen molar-refractivity contribution < 1.29 is 4.79 Å². The summed E-state index contributed by atoms with van der Waals surface area (Å²) in [4.78, 5) is 35.7. The maximum Gasteiger partial charge on any atom is 0.328 e. The van der Waals surface area contributed by atoms with E-state index in [2.05, 4.69) is 4.98 Å². The number of carbonyl (C=O) groups excluding carboxylic acids is 1. The molecule has 88 valence electrons. The second-order valence-corrected chi connectivity index (χ2v) is 3.76. The van der Waals surface area contributed by atoms with E-state index in [9.17, 15) is 14.4 Å². The number of Topliss-reactive ketones (excluding diaryl/α,β-unsaturated/α-hetero) is 1. The standard InChI is InChI=1S/C11H16N2O3/c1-3-9(14)5-4-6-13-7-8(2)10(15)12-11(13)16/h7H,3-6H2,1-2H3,(H,12,15,16). The normalized spacial score (nSPS) is 10.4. The Labute approximate surface area is 93.1 Å². The first kappa shape index (κ1) is 12.4. The topological polar surface area (TPSA) is 71.9 Å². The van der Waals surface area contributed by atoms with E-state index in [0.717, 1.165) is 0 Å². The summed E-state index contributed by atoms with van der Waals surface area (Å²) in [6.07, 6.45) is 3.15. The Balaban J connectivity index is 2.68. The number of rotatable bonds is 5. The minimum atomic E-state index is -0.417. The van der Waals surface area contributed by atoms with Gasteiger partial charge in [-0.25, -0.2) is 4.79 Å². The van der Waals surface area contributed by atoms with Crippen LogP contribution in [0.4, 0.5) is 0 Å². The quantitative estimate of drug-likeness (QED) is 0.796. The van der Waals surface area contributed by atoms with Crippen molar-refractivity contribution in [1.82, 2.24) is 9.55 Å². The second-order valence-electron chi connectivity index (χ2n) is 3.76. The van der Waals surface area contributed by atoms with E-state index in [0.29, 0.717) is 31.4 Å². The molecular weight excluding hydrogens is 208 g/mol. The fourth-order valence-corrected chi connectivity index (χ4v) is 1.41. The average Bonchev–Trinajstić information content (AvgIpc) is 2.25. The van der Waals surface area contributed by atoms with Crippen molar-refractivity contribution >= 4 is 5.78 Å². The van der Waals surface area contributed by atoms with Crippen LogP contribution in [0.25, 0.3) is 0 Å². The Morgan fingerprint density at radius 3 is 2.75 bits per heavy atom. The van der Waals surface area contributed by atoms with Gasteiger partial charge in [0.05, 0.1) is 0 Å². The number of nitrogens with one attached hydrogen (secondary N) is 1. The third kappa shape index (κ3) is 3.18. The van der Waals surface area contributed by atoms with Crippen molar-refractivity contribution in [2.75, 3.05) is 0 Å². The molecule has 5 heteroatoms. The van der Waals surface area contributed by atoms with Gasteiger partial charge in [0.15, 0.2) is 0 Å². The number of aryl methyl sites for hydroxylation is 2. The maximum absolute atomic E-state index is 11.4. The zero-order valence-electron chi connectivity index (χ0n) is 9.58. The van der Waals surface area contributed by atoms with Gasteiger partial charge in [-0.1, -0.05) is 6.92 Å². The van der Waals surface area contributed by atoms with Crippen molar-refractivity contribution in [3.05, 3.63) is 32.6 Å². The Morgan fingerprint density at radius 2 is 2.12 bits per heavy atom. The number of hydrogen-bond acceptors (Lipinski definition) is 3. The van der Waals surface area contributed by atoms with Gasteiger partial charge in [0.2, 0.25) is 0 Å². The van der Waals surface area contributed by atoms with Crippen LogP contribution in [-0.4, -0.2) is 15.3 Å². The van der Waals surface area contributed by atoms with Crippen LogP contribution in [-0.2, 0) is 11.3 Å². The molecule has 0 fully saturated rings. The molecule has 0 unspecified atom stereocenters. The average molecular weight is 224 g/mol. The monoisotopic (exact) mass is 224 g/mol. The fourth-order valence-electron chi connectivity index (χ4n) is 1.41. The predicted molar refractivity (Wildman–Crippen MR) is 60.6 cm³/mol. The molecule has 1 N–H and O–H groups in total. The molecule has 1 rings (SSSR count). The number of carbonyl (C=O) groups is 1. The first-order valence-corrected chi connectivity index (χ1v) is 5.36. The summed E-state index contributed by atoms with van der Waals surface area (Å²) in [6, 6.07) is 0. The van der Waals surface area contributed by atoms with Crippen molar-refractivity contribution in [2.45, 2.75) is 39.7 Å². The summed E-state index contributed by atoms with van der Waals surface area (Å²) in [7, 11) is 0. The van der Waals surface area contributed by atoms with Crippen molar-refractivity contribution in [3.8, 4) is 0 Å². The highest BCUT2D eigenvalue weighted by atomic mass is 16.2. The van der Waals surface area contributed by atoms with E-state index < -0.39 is 5.69 Å². The van der Waals surface area contributed by atoms with Crippen LogP contribution < -0.4 is 11.2 Å². The van der Waals surface area contributed by atoms with Crippen molar-refractivity contribution in [3.63, 3.8) is 0 Å². The molecule has 5 nitrogen and oxygen atoms in total. The van der Waals surface area contributed by atoms with Gasteiger partial charge in [-0.3, -0.25) is 14.6 Å². The largest absolute Gasteiger partial charge is 0.328 e. The van der Waals surface area contributed by atoms with E-state index >= 15 is 0 Å². The number of ketones is 1. The molecule has 16 heavy (non-hydrogen) atoms. The van der Waals surface area contributed by atoms with Gasteiger partial charge in [-0.2, -0.15) is 0 Å². The van der Waals surface area contributed by atoms with Crippen LogP contribution in [0, 0.1) is 6.92 Å². The highest BCUT2D eigenvalue weighted by molar-refractivity contribution is 5.77. The van der Waals surface area contributed by atoms with Gasteiger partial charge in [0, 0.05) is 31.1 Å². The van der Waals surface area contributed by atoms with Crippen LogP contribution in [0.3, 0.4) is 0 Å². The molecule has 0 bridgehead atoms. The molecule has 0 radical (unpaired) electrons. The third-order valence-electron chi connectivity index (χ3n) is 2.44. The molecule has 1 aromatic heterocycles. The first-order valence-electron chi connectivity index (χ1n) is 5.36. The molecule has 1 aromatic rings. The number of H-pyrrole nitrogens is 1. The lowest BCUT2D eigenvalue weighted by atomic mass is 10.2. The fraction of sp³-hybridized carbons (Fsp3) is 0.545. The van der Waals surface area contributed by atoms with Crippen molar-refractivity contribution in [2.24, 2.45) is 0 Å². The van der Waals surface area contributed by atoms with Gasteiger partial charge in [-0.15, -0.1) is 0 Å². The van der Waals surface area contributed by atoms with E-state index in [1.807, 2.05) is 6.92 Å². The van der Waals surface area contributed by atoms with Gasteiger partial charge in [-0.05, 0) is 13.3 Å². The highest BCUT2D eigenvalue weighted by Gasteiger charge is 2.02. The second kappa shape index (κ2) is 5.44. The summed E-state index contributed by atoms with van der Waals surface area (Å²) in [5.74, 6) is 0.189. The van der Waals surface area contributed by atoms with E-state index in [1.54, 1.807) is 6.92 Å². The predicted octanol–water partition coefficient (Wildman–Crippen LogP) is 0.604. The molecule has 0 aliphatic heterocycles. The summed E-state index contributed by atoms with van der Waals surface area (Å²) >= 11 is 0. The molecule has 0 amide bonds. The molecule has 0 aromatic carbocycles. The lowest BCUT2D eigenvalue weighted by Gasteiger charge is -2.04. The minimum Gasteiger partial charge on any atom is -0.300 e. The Hall–Kier alpha value is -1.65. The Kier molecular flexibility index (Phi) is 4.22. The molecule has 0 saturated carbocycles. The number of hydrogen-bond donors (Lipinski definition) is 1. The molecule has 0 aliphatic rings. The van der Waals surface area contributed by atoms with Crippen LogP contribution in [0.15, 0.2) is 15.8 Å². The molecule has 0 saturated heterocycles.